The molecule has 1 saturated heterocycles. The third-order valence-electron chi connectivity index (χ3n) is 5.38. The number of carbonyl (C=O) groups is 1. The van der Waals surface area contributed by atoms with Crippen LogP contribution in [0.25, 0.3) is 0 Å². The molecule has 0 aromatic heterocycles. The highest BCUT2D eigenvalue weighted by atomic mass is 79.9. The molecular weight excluding hydrogens is 502 g/mol. The third-order valence-corrected chi connectivity index (χ3v) is 7.76. The second-order valence-electron chi connectivity index (χ2n) is 7.63. The number of aryl methyl sites for hydroxylation is 1. The van der Waals surface area contributed by atoms with Crippen molar-refractivity contribution in [2.75, 3.05) is 26.2 Å². The van der Waals surface area contributed by atoms with Gasteiger partial charge in [0.2, 0.25) is 0 Å². The van der Waals surface area contributed by atoms with E-state index in [4.69, 9.17) is 4.74 Å². The van der Waals surface area contributed by atoms with Gasteiger partial charge in [-0.15, -0.1) is 11.8 Å². The first-order valence-electron chi connectivity index (χ1n) is 9.61. The molecule has 3 nitrogen and oxygen atoms in total. The zero-order chi connectivity index (χ0) is 19.7. The van der Waals surface area contributed by atoms with Gasteiger partial charge < -0.3 is 9.64 Å². The molecule has 1 fully saturated rings. The Kier molecular flexibility index (Phi) is 6.21. The van der Waals surface area contributed by atoms with E-state index in [1.54, 1.807) is 11.8 Å². The van der Waals surface area contributed by atoms with E-state index in [1.165, 1.54) is 24.8 Å². The van der Waals surface area contributed by atoms with Gasteiger partial charge in [0.1, 0.15) is 17.1 Å². The number of halogens is 2. The second-order valence-corrected chi connectivity index (χ2v) is 10.9. The number of likely N-dealkylation sites (tertiary alicyclic amines) is 1. The fourth-order valence-corrected chi connectivity index (χ4v) is 6.54. The highest BCUT2D eigenvalue weighted by Crippen LogP contribution is 2.45. The molecule has 0 aliphatic carbocycles. The zero-order valence-electron chi connectivity index (χ0n) is 15.8. The minimum atomic E-state index is -0.639. The standard InChI is InChI=1S/C22H23Br2NO2S/c1-15-5-7-17(8-6-15)28-22(13-25-9-3-2-4-10-25)14-27-20-18(21(22)26)11-16(23)12-19(20)24/h5-8,11-12H,2-4,9-10,13-14H2,1H3/t22-/m0/s1. The van der Waals surface area contributed by atoms with Crippen molar-refractivity contribution in [1.82, 2.24) is 4.90 Å². The van der Waals surface area contributed by atoms with Crippen LogP contribution in [0.2, 0.25) is 0 Å². The Morgan fingerprint density at radius 1 is 1.11 bits per heavy atom. The number of piperidine rings is 1. The minimum absolute atomic E-state index is 0.159. The van der Waals surface area contributed by atoms with Gasteiger partial charge in [0.05, 0.1) is 10.0 Å². The Hall–Kier alpha value is -0.820. The van der Waals surface area contributed by atoms with Crippen LogP contribution in [0.3, 0.4) is 0 Å². The van der Waals surface area contributed by atoms with Crippen molar-refractivity contribution < 1.29 is 9.53 Å². The number of thioether (sulfide) groups is 1. The molecule has 0 radical (unpaired) electrons. The average molecular weight is 525 g/mol. The first-order chi connectivity index (χ1) is 13.5. The Labute approximate surface area is 187 Å². The van der Waals surface area contributed by atoms with Crippen molar-refractivity contribution >= 4 is 49.4 Å². The Morgan fingerprint density at radius 3 is 2.54 bits per heavy atom. The number of Topliss-reactive ketones (excluding diaryl/α,β-unsaturated/α-hetero) is 1. The van der Waals surface area contributed by atoms with Crippen LogP contribution >= 0.6 is 43.6 Å². The second kappa shape index (κ2) is 8.50. The highest BCUT2D eigenvalue weighted by Gasteiger charge is 2.47. The van der Waals surface area contributed by atoms with Gasteiger partial charge in [0.25, 0.3) is 0 Å². The van der Waals surface area contributed by atoms with E-state index in [0.717, 1.165) is 26.9 Å². The lowest BCUT2D eigenvalue weighted by atomic mass is 9.93. The van der Waals surface area contributed by atoms with Gasteiger partial charge in [-0.3, -0.25) is 4.79 Å². The predicted octanol–water partition coefficient (Wildman–Crippen LogP) is 6.11. The molecule has 2 aliphatic rings. The number of carbonyl (C=O) groups excluding carboxylic acids is 1. The lowest BCUT2D eigenvalue weighted by Gasteiger charge is -2.40. The normalized spacial score (nSPS) is 22.6. The van der Waals surface area contributed by atoms with Crippen LogP contribution in [0.4, 0.5) is 0 Å². The van der Waals surface area contributed by atoms with Gasteiger partial charge >= 0.3 is 0 Å². The summed E-state index contributed by atoms with van der Waals surface area (Å²) in [5.41, 5.74) is 1.88. The fourth-order valence-electron chi connectivity index (χ4n) is 3.91. The van der Waals surface area contributed by atoms with Gasteiger partial charge in [-0.2, -0.15) is 0 Å². The molecule has 2 aromatic carbocycles. The number of fused-ring (bicyclic) bond motifs is 1. The van der Waals surface area contributed by atoms with E-state index < -0.39 is 4.75 Å². The summed E-state index contributed by atoms with van der Waals surface area (Å²) in [6, 6.07) is 12.2. The zero-order valence-corrected chi connectivity index (χ0v) is 19.8. The Bertz CT molecular complexity index is 881. The maximum absolute atomic E-state index is 13.8. The number of ketones is 1. The molecule has 0 N–H and O–H groups in total. The number of hydrogen-bond donors (Lipinski definition) is 0. The minimum Gasteiger partial charge on any atom is -0.490 e. The van der Waals surface area contributed by atoms with E-state index >= 15 is 0 Å². The number of rotatable bonds is 4. The summed E-state index contributed by atoms with van der Waals surface area (Å²) >= 11 is 8.72. The molecular formula is C22H23Br2NO2S. The van der Waals surface area contributed by atoms with Gasteiger partial charge in [-0.05, 0) is 73.1 Å². The van der Waals surface area contributed by atoms with E-state index in [1.807, 2.05) is 12.1 Å². The van der Waals surface area contributed by atoms with Crippen LogP contribution in [0.5, 0.6) is 5.75 Å². The molecule has 0 spiro atoms. The van der Waals surface area contributed by atoms with Gasteiger partial charge in [-0.1, -0.05) is 40.0 Å². The maximum Gasteiger partial charge on any atom is 0.187 e. The van der Waals surface area contributed by atoms with Crippen molar-refractivity contribution in [3.05, 3.63) is 56.5 Å². The fraction of sp³-hybridized carbons (Fsp3) is 0.409. The molecule has 2 aliphatic heterocycles. The lowest BCUT2D eigenvalue weighted by molar-refractivity contribution is 0.0806. The summed E-state index contributed by atoms with van der Waals surface area (Å²) in [6.45, 7) is 5.29. The van der Waals surface area contributed by atoms with Crippen molar-refractivity contribution in [2.45, 2.75) is 35.8 Å². The smallest absolute Gasteiger partial charge is 0.187 e. The van der Waals surface area contributed by atoms with Crippen molar-refractivity contribution in [3.63, 3.8) is 0 Å². The quantitative estimate of drug-likeness (QED) is 0.482. The summed E-state index contributed by atoms with van der Waals surface area (Å²) in [5.74, 6) is 0.818. The molecule has 148 valence electrons. The molecule has 0 amide bonds. The molecule has 0 saturated carbocycles. The molecule has 1 atom stereocenters. The van der Waals surface area contributed by atoms with Crippen LogP contribution in [-0.4, -0.2) is 41.7 Å². The van der Waals surface area contributed by atoms with Crippen LogP contribution in [0, 0.1) is 6.92 Å². The number of nitrogens with zero attached hydrogens (tertiary/aromatic N) is 1. The van der Waals surface area contributed by atoms with E-state index in [2.05, 4.69) is 67.9 Å². The molecule has 2 aromatic rings. The summed E-state index contributed by atoms with van der Waals surface area (Å²) in [4.78, 5) is 17.4. The van der Waals surface area contributed by atoms with Gasteiger partial charge in [0, 0.05) is 15.9 Å². The van der Waals surface area contributed by atoms with Crippen molar-refractivity contribution in [3.8, 4) is 5.75 Å². The van der Waals surface area contributed by atoms with E-state index in [0.29, 0.717) is 24.5 Å². The van der Waals surface area contributed by atoms with Crippen LogP contribution in [0.1, 0.15) is 35.2 Å². The summed E-state index contributed by atoms with van der Waals surface area (Å²) in [7, 11) is 0. The number of benzene rings is 2. The Balaban J connectivity index is 1.71. The average Bonchev–Trinajstić information content (AvgIpc) is 2.68. The number of ether oxygens (including phenoxy) is 1. The predicted molar refractivity (Wildman–Crippen MR) is 122 cm³/mol. The van der Waals surface area contributed by atoms with E-state index in [-0.39, 0.29) is 5.78 Å². The van der Waals surface area contributed by atoms with Crippen LogP contribution < -0.4 is 4.74 Å². The maximum atomic E-state index is 13.8. The summed E-state index contributed by atoms with van der Waals surface area (Å²) in [6.07, 6.45) is 3.68. The third kappa shape index (κ3) is 4.20. The molecule has 4 rings (SSSR count). The molecule has 6 heteroatoms. The monoisotopic (exact) mass is 523 g/mol. The summed E-state index contributed by atoms with van der Waals surface area (Å²) in [5, 5.41) is 0. The van der Waals surface area contributed by atoms with Crippen LogP contribution in [-0.2, 0) is 0 Å². The van der Waals surface area contributed by atoms with Crippen molar-refractivity contribution in [1.29, 1.82) is 0 Å². The number of hydrogen-bond acceptors (Lipinski definition) is 4. The van der Waals surface area contributed by atoms with Gasteiger partial charge in [0.15, 0.2) is 5.78 Å². The summed E-state index contributed by atoms with van der Waals surface area (Å²) < 4.78 is 7.25. The highest BCUT2D eigenvalue weighted by molar-refractivity contribution is 9.11. The largest absolute Gasteiger partial charge is 0.490 e. The molecule has 0 unspecified atom stereocenters. The molecule has 2 heterocycles. The first kappa shape index (κ1) is 20.5. The van der Waals surface area contributed by atoms with Crippen LogP contribution in [0.15, 0.2) is 50.2 Å². The molecule has 28 heavy (non-hydrogen) atoms. The SMILES string of the molecule is Cc1ccc(S[C@@]2(CN3CCCCC3)COc3c(Br)cc(Br)cc3C2=O)cc1. The Morgan fingerprint density at radius 2 is 1.82 bits per heavy atom. The first-order valence-corrected chi connectivity index (χ1v) is 12.0. The lowest BCUT2D eigenvalue weighted by Crippen LogP contribution is -2.53. The molecule has 0 bridgehead atoms. The topological polar surface area (TPSA) is 29.5 Å². The van der Waals surface area contributed by atoms with Crippen molar-refractivity contribution in [2.24, 2.45) is 0 Å². The van der Waals surface area contributed by atoms with Gasteiger partial charge in [-0.25, -0.2) is 0 Å². The van der Waals surface area contributed by atoms with E-state index in [9.17, 15) is 4.79 Å².